The number of rotatable bonds is 4. The fourth-order valence-corrected chi connectivity index (χ4v) is 2.64. The SMILES string of the molecule is CC(Sc1nnc(-c2ccc(Cl)cc2)n1C)C(=O)NC(N)=O. The Morgan fingerprint density at radius 1 is 1.32 bits per heavy atom. The zero-order chi connectivity index (χ0) is 16.3. The van der Waals surface area contributed by atoms with Crippen molar-refractivity contribution in [3.8, 4) is 11.4 Å². The second-order valence-corrected chi connectivity index (χ2v) is 6.23. The summed E-state index contributed by atoms with van der Waals surface area (Å²) in [5.74, 6) is 0.176. The molecule has 1 heterocycles. The van der Waals surface area contributed by atoms with Gasteiger partial charge in [-0.1, -0.05) is 23.4 Å². The van der Waals surface area contributed by atoms with E-state index in [0.717, 1.165) is 5.56 Å². The highest BCUT2D eigenvalue weighted by Crippen LogP contribution is 2.26. The third-order valence-electron chi connectivity index (χ3n) is 2.84. The largest absolute Gasteiger partial charge is 0.351 e. The van der Waals surface area contributed by atoms with Gasteiger partial charge >= 0.3 is 6.03 Å². The molecular weight excluding hydrogens is 326 g/mol. The predicted octanol–water partition coefficient (Wildman–Crippen LogP) is 1.81. The zero-order valence-electron chi connectivity index (χ0n) is 11.9. The molecule has 0 saturated heterocycles. The van der Waals surface area contributed by atoms with Gasteiger partial charge in [-0.2, -0.15) is 0 Å². The summed E-state index contributed by atoms with van der Waals surface area (Å²) < 4.78 is 1.77. The van der Waals surface area contributed by atoms with Crippen LogP contribution in [0.2, 0.25) is 5.02 Å². The highest BCUT2D eigenvalue weighted by molar-refractivity contribution is 8.00. The Kier molecular flexibility index (Phi) is 5.04. The fraction of sp³-hybridized carbons (Fsp3) is 0.231. The van der Waals surface area contributed by atoms with Crippen molar-refractivity contribution in [1.29, 1.82) is 0 Å². The summed E-state index contributed by atoms with van der Waals surface area (Å²) in [6.45, 7) is 1.65. The highest BCUT2D eigenvalue weighted by Gasteiger charge is 2.20. The third kappa shape index (κ3) is 3.77. The molecule has 1 aromatic carbocycles. The molecule has 0 saturated carbocycles. The summed E-state index contributed by atoms with van der Waals surface area (Å²) in [5, 5.41) is 10.9. The molecule has 0 fully saturated rings. The summed E-state index contributed by atoms with van der Waals surface area (Å²) in [7, 11) is 1.80. The molecule has 0 aliphatic rings. The van der Waals surface area contributed by atoms with E-state index in [1.54, 1.807) is 30.7 Å². The number of halogens is 1. The van der Waals surface area contributed by atoms with Crippen molar-refractivity contribution in [2.24, 2.45) is 12.8 Å². The van der Waals surface area contributed by atoms with Crippen LogP contribution >= 0.6 is 23.4 Å². The lowest BCUT2D eigenvalue weighted by Crippen LogP contribution is -2.39. The molecule has 1 aromatic heterocycles. The molecule has 2 aromatic rings. The molecule has 7 nitrogen and oxygen atoms in total. The number of imide groups is 1. The number of nitrogens with zero attached hydrogens (tertiary/aromatic N) is 3. The minimum Gasteiger partial charge on any atom is -0.351 e. The number of aromatic nitrogens is 3. The van der Waals surface area contributed by atoms with Crippen molar-refractivity contribution in [2.75, 3.05) is 0 Å². The van der Waals surface area contributed by atoms with Gasteiger partial charge in [0.15, 0.2) is 11.0 Å². The molecular formula is C13H14ClN5O2S. The van der Waals surface area contributed by atoms with E-state index in [1.165, 1.54) is 11.8 Å². The number of carbonyl (C=O) groups is 2. The molecule has 0 bridgehead atoms. The molecule has 1 atom stereocenters. The van der Waals surface area contributed by atoms with Gasteiger partial charge in [0.1, 0.15) is 0 Å². The fourth-order valence-electron chi connectivity index (χ4n) is 1.70. The van der Waals surface area contributed by atoms with E-state index < -0.39 is 17.2 Å². The number of urea groups is 1. The minimum absolute atomic E-state index is 0.478. The van der Waals surface area contributed by atoms with E-state index in [9.17, 15) is 9.59 Å². The minimum atomic E-state index is -0.878. The van der Waals surface area contributed by atoms with Gasteiger partial charge < -0.3 is 10.3 Å². The lowest BCUT2D eigenvalue weighted by Gasteiger charge is -2.09. The Morgan fingerprint density at radius 2 is 1.95 bits per heavy atom. The molecule has 9 heteroatoms. The molecule has 1 unspecified atom stereocenters. The van der Waals surface area contributed by atoms with Crippen LogP contribution in [0.5, 0.6) is 0 Å². The Bertz CT molecular complexity index is 701. The van der Waals surface area contributed by atoms with Crippen LogP contribution in [0.4, 0.5) is 4.79 Å². The van der Waals surface area contributed by atoms with Gasteiger partial charge in [-0.3, -0.25) is 10.1 Å². The van der Waals surface area contributed by atoms with Gasteiger partial charge in [0.2, 0.25) is 5.91 Å². The predicted molar refractivity (Wildman–Crippen MR) is 84.5 cm³/mol. The van der Waals surface area contributed by atoms with Crippen molar-refractivity contribution in [1.82, 2.24) is 20.1 Å². The van der Waals surface area contributed by atoms with Gasteiger partial charge in [0.25, 0.3) is 0 Å². The molecule has 0 aliphatic carbocycles. The molecule has 0 radical (unpaired) electrons. The van der Waals surface area contributed by atoms with E-state index in [-0.39, 0.29) is 0 Å². The van der Waals surface area contributed by atoms with E-state index in [4.69, 9.17) is 17.3 Å². The topological polar surface area (TPSA) is 103 Å². The molecule has 116 valence electrons. The monoisotopic (exact) mass is 339 g/mol. The van der Waals surface area contributed by atoms with E-state index in [1.807, 2.05) is 17.4 Å². The van der Waals surface area contributed by atoms with Gasteiger partial charge in [-0.25, -0.2) is 4.79 Å². The first-order chi connectivity index (χ1) is 10.4. The van der Waals surface area contributed by atoms with Crippen LogP contribution < -0.4 is 11.1 Å². The Balaban J connectivity index is 2.16. The second-order valence-electron chi connectivity index (χ2n) is 4.49. The smallest absolute Gasteiger partial charge is 0.318 e. The van der Waals surface area contributed by atoms with Crippen molar-refractivity contribution >= 4 is 35.3 Å². The number of nitrogens with one attached hydrogen (secondary N) is 1. The van der Waals surface area contributed by atoms with E-state index in [0.29, 0.717) is 16.0 Å². The Hall–Kier alpha value is -2.06. The standard InChI is InChI=1S/C13H14ClN5O2S/c1-7(11(20)16-12(15)21)22-13-18-17-10(19(13)2)8-3-5-9(14)6-4-8/h3-7H,1-2H3,(H3,15,16,20,21). The zero-order valence-corrected chi connectivity index (χ0v) is 13.5. The van der Waals surface area contributed by atoms with Gasteiger partial charge in [0, 0.05) is 17.6 Å². The lowest BCUT2D eigenvalue weighted by atomic mass is 10.2. The van der Waals surface area contributed by atoms with Crippen LogP contribution in [0.1, 0.15) is 6.92 Å². The maximum atomic E-state index is 11.7. The van der Waals surface area contributed by atoms with Crippen LogP contribution in [0, 0.1) is 0 Å². The first-order valence-corrected chi connectivity index (χ1v) is 7.56. The number of hydrogen-bond donors (Lipinski definition) is 2. The van der Waals surface area contributed by atoms with Crippen molar-refractivity contribution in [3.63, 3.8) is 0 Å². The normalized spacial score (nSPS) is 12.0. The van der Waals surface area contributed by atoms with Crippen molar-refractivity contribution in [2.45, 2.75) is 17.3 Å². The van der Waals surface area contributed by atoms with Crippen molar-refractivity contribution < 1.29 is 9.59 Å². The average molecular weight is 340 g/mol. The van der Waals surface area contributed by atoms with E-state index in [2.05, 4.69) is 10.2 Å². The van der Waals surface area contributed by atoms with Gasteiger partial charge in [0.05, 0.1) is 5.25 Å². The second kappa shape index (κ2) is 6.80. The van der Waals surface area contributed by atoms with Crippen LogP contribution in [-0.4, -0.2) is 32.0 Å². The number of primary amides is 1. The number of benzene rings is 1. The molecule has 2 rings (SSSR count). The summed E-state index contributed by atoms with van der Waals surface area (Å²) in [6.07, 6.45) is 0. The summed E-state index contributed by atoms with van der Waals surface area (Å²) in [5.41, 5.74) is 5.78. The number of amides is 3. The molecule has 0 spiro atoms. The lowest BCUT2D eigenvalue weighted by molar-refractivity contribution is -0.119. The third-order valence-corrected chi connectivity index (χ3v) is 4.22. The Labute approximate surface area is 136 Å². The number of hydrogen-bond acceptors (Lipinski definition) is 5. The van der Waals surface area contributed by atoms with E-state index >= 15 is 0 Å². The first kappa shape index (κ1) is 16.3. The van der Waals surface area contributed by atoms with Crippen LogP contribution in [0.15, 0.2) is 29.4 Å². The van der Waals surface area contributed by atoms with Crippen LogP contribution in [0.3, 0.4) is 0 Å². The van der Waals surface area contributed by atoms with Gasteiger partial charge in [-0.05, 0) is 31.2 Å². The first-order valence-electron chi connectivity index (χ1n) is 6.30. The Morgan fingerprint density at radius 3 is 2.55 bits per heavy atom. The number of carbonyl (C=O) groups excluding carboxylic acids is 2. The summed E-state index contributed by atoms with van der Waals surface area (Å²) >= 11 is 7.04. The quantitative estimate of drug-likeness (QED) is 0.827. The van der Waals surface area contributed by atoms with Gasteiger partial charge in [-0.15, -0.1) is 10.2 Å². The maximum Gasteiger partial charge on any atom is 0.318 e. The van der Waals surface area contributed by atoms with Crippen LogP contribution in [0.25, 0.3) is 11.4 Å². The summed E-state index contributed by atoms with van der Waals surface area (Å²) in [6, 6.07) is 6.33. The molecule has 0 aliphatic heterocycles. The molecule has 3 amide bonds. The molecule has 3 N–H and O–H groups in total. The van der Waals surface area contributed by atoms with Crippen LogP contribution in [-0.2, 0) is 11.8 Å². The highest BCUT2D eigenvalue weighted by atomic mass is 35.5. The van der Waals surface area contributed by atoms with Crippen molar-refractivity contribution in [3.05, 3.63) is 29.3 Å². The maximum absolute atomic E-state index is 11.7. The summed E-state index contributed by atoms with van der Waals surface area (Å²) in [4.78, 5) is 22.4. The average Bonchev–Trinajstić information content (AvgIpc) is 2.80. The molecule has 22 heavy (non-hydrogen) atoms. The number of thioether (sulfide) groups is 1. The number of nitrogens with two attached hydrogens (primary N) is 1.